The predicted octanol–water partition coefficient (Wildman–Crippen LogP) is 3.96. The van der Waals surface area contributed by atoms with Gasteiger partial charge in [0.1, 0.15) is 6.61 Å². The van der Waals surface area contributed by atoms with E-state index in [0.717, 1.165) is 44.3 Å². The predicted molar refractivity (Wildman–Crippen MR) is 93.3 cm³/mol. The van der Waals surface area contributed by atoms with Crippen molar-refractivity contribution in [2.75, 3.05) is 13.1 Å². The van der Waals surface area contributed by atoms with E-state index in [1.807, 2.05) is 35.2 Å². The molecule has 1 aliphatic heterocycles. The Bertz CT molecular complexity index is 462. The molecule has 0 unspecified atom stereocenters. The number of carbonyl (C=O) groups is 1. The summed E-state index contributed by atoms with van der Waals surface area (Å²) in [6, 6.07) is 10.7. The Hall–Kier alpha value is -1.55. The Morgan fingerprint density at radius 3 is 2.83 bits per heavy atom. The minimum absolute atomic E-state index is 0.157. The highest BCUT2D eigenvalue weighted by Crippen LogP contribution is 2.22. The molecule has 0 bridgehead atoms. The van der Waals surface area contributed by atoms with Crippen LogP contribution < -0.4 is 5.32 Å². The number of nitrogens with zero attached hydrogens (tertiary/aromatic N) is 1. The van der Waals surface area contributed by atoms with Crippen LogP contribution in [-0.2, 0) is 11.3 Å². The molecule has 4 heteroatoms. The molecule has 23 heavy (non-hydrogen) atoms. The lowest BCUT2D eigenvalue weighted by atomic mass is 9.98. The van der Waals surface area contributed by atoms with E-state index in [-0.39, 0.29) is 6.09 Å². The smallest absolute Gasteiger partial charge is 0.410 e. The lowest BCUT2D eigenvalue weighted by Gasteiger charge is -2.35. The number of benzene rings is 1. The zero-order valence-corrected chi connectivity index (χ0v) is 14.5. The molecule has 2 rings (SSSR count). The highest BCUT2D eigenvalue weighted by atomic mass is 16.6. The molecular weight excluding hydrogens is 288 g/mol. The van der Waals surface area contributed by atoms with Crippen LogP contribution in [0.3, 0.4) is 0 Å². The first kappa shape index (κ1) is 17.8. The molecule has 0 aromatic heterocycles. The van der Waals surface area contributed by atoms with Crippen molar-refractivity contribution in [2.45, 2.75) is 64.6 Å². The Morgan fingerprint density at radius 1 is 1.30 bits per heavy atom. The minimum Gasteiger partial charge on any atom is -0.445 e. The fraction of sp³-hybridized carbons (Fsp3) is 0.632. The van der Waals surface area contributed by atoms with E-state index < -0.39 is 0 Å². The van der Waals surface area contributed by atoms with Crippen LogP contribution in [0.25, 0.3) is 0 Å². The molecule has 0 radical (unpaired) electrons. The summed E-state index contributed by atoms with van der Waals surface area (Å²) in [4.78, 5) is 14.4. The third-order valence-electron chi connectivity index (χ3n) is 4.33. The van der Waals surface area contributed by atoms with Crippen LogP contribution in [0.5, 0.6) is 0 Å². The first-order chi connectivity index (χ1) is 11.2. The molecule has 0 saturated carbocycles. The van der Waals surface area contributed by atoms with Crippen molar-refractivity contribution in [3.05, 3.63) is 35.9 Å². The molecule has 1 saturated heterocycles. The van der Waals surface area contributed by atoms with Gasteiger partial charge in [-0.05, 0) is 44.2 Å². The number of ether oxygens (including phenoxy) is 1. The summed E-state index contributed by atoms with van der Waals surface area (Å²) in [5, 5.41) is 3.44. The van der Waals surface area contributed by atoms with E-state index in [1.54, 1.807) is 0 Å². The van der Waals surface area contributed by atoms with Crippen LogP contribution in [0.15, 0.2) is 30.3 Å². The summed E-state index contributed by atoms with van der Waals surface area (Å²) < 4.78 is 5.51. The van der Waals surface area contributed by atoms with Crippen molar-refractivity contribution in [1.82, 2.24) is 10.2 Å². The molecule has 1 fully saturated rings. The summed E-state index contributed by atoms with van der Waals surface area (Å²) in [7, 11) is 0. The van der Waals surface area contributed by atoms with Gasteiger partial charge in [-0.1, -0.05) is 44.2 Å². The molecule has 1 N–H and O–H groups in total. The fourth-order valence-corrected chi connectivity index (χ4v) is 3.07. The largest absolute Gasteiger partial charge is 0.445 e. The first-order valence-electron chi connectivity index (χ1n) is 8.87. The number of piperidine rings is 1. The second-order valence-electron chi connectivity index (χ2n) is 6.63. The maximum absolute atomic E-state index is 12.4. The summed E-state index contributed by atoms with van der Waals surface area (Å²) >= 11 is 0. The Labute approximate surface area is 140 Å². The van der Waals surface area contributed by atoms with Gasteiger partial charge in [-0.3, -0.25) is 0 Å². The minimum atomic E-state index is -0.157. The fourth-order valence-electron chi connectivity index (χ4n) is 3.07. The molecular formula is C19H30N2O2. The number of likely N-dealkylation sites (tertiary alicyclic amines) is 1. The number of hydrogen-bond donors (Lipinski definition) is 1. The van der Waals surface area contributed by atoms with Gasteiger partial charge >= 0.3 is 6.09 Å². The molecule has 1 aromatic carbocycles. The number of amides is 1. The van der Waals surface area contributed by atoms with Crippen LogP contribution in [0, 0.1) is 0 Å². The highest BCUT2D eigenvalue weighted by Gasteiger charge is 2.27. The van der Waals surface area contributed by atoms with Gasteiger partial charge in [0, 0.05) is 18.6 Å². The molecule has 1 aromatic rings. The van der Waals surface area contributed by atoms with Gasteiger partial charge in [-0.25, -0.2) is 4.79 Å². The van der Waals surface area contributed by atoms with E-state index in [9.17, 15) is 4.79 Å². The van der Waals surface area contributed by atoms with E-state index >= 15 is 0 Å². The number of nitrogens with one attached hydrogen (secondary N) is 1. The number of carbonyl (C=O) groups excluding carboxylic acids is 1. The van der Waals surface area contributed by atoms with Gasteiger partial charge in [-0.2, -0.15) is 0 Å². The Morgan fingerprint density at radius 2 is 2.09 bits per heavy atom. The Balaban J connectivity index is 1.78. The monoisotopic (exact) mass is 318 g/mol. The van der Waals surface area contributed by atoms with Gasteiger partial charge in [0.2, 0.25) is 0 Å². The highest BCUT2D eigenvalue weighted by molar-refractivity contribution is 5.68. The second kappa shape index (κ2) is 9.56. The van der Waals surface area contributed by atoms with E-state index in [0.29, 0.717) is 18.7 Å². The van der Waals surface area contributed by atoms with Crippen LogP contribution >= 0.6 is 0 Å². The zero-order valence-electron chi connectivity index (χ0n) is 14.5. The molecule has 1 atom stereocenters. The molecule has 1 heterocycles. The standard InChI is InChI=1S/C19H30N2O2/c1-16(2)20-13-8-12-18-11-6-7-14-21(18)19(22)23-15-17-9-4-3-5-10-17/h3-5,9-10,16,18,20H,6-8,11-15H2,1-2H3/t18-/m0/s1. The van der Waals surface area contributed by atoms with Crippen molar-refractivity contribution >= 4 is 6.09 Å². The average Bonchev–Trinajstić information content (AvgIpc) is 2.58. The van der Waals surface area contributed by atoms with Crippen molar-refractivity contribution < 1.29 is 9.53 Å². The maximum Gasteiger partial charge on any atom is 0.410 e. The van der Waals surface area contributed by atoms with E-state index in [4.69, 9.17) is 4.74 Å². The third kappa shape index (κ3) is 6.22. The topological polar surface area (TPSA) is 41.6 Å². The molecule has 1 amide bonds. The third-order valence-corrected chi connectivity index (χ3v) is 4.33. The van der Waals surface area contributed by atoms with Crippen LogP contribution in [0.1, 0.15) is 51.5 Å². The zero-order chi connectivity index (χ0) is 16.5. The van der Waals surface area contributed by atoms with E-state index in [1.165, 1.54) is 6.42 Å². The lowest BCUT2D eigenvalue weighted by molar-refractivity contribution is 0.0655. The second-order valence-corrected chi connectivity index (χ2v) is 6.63. The van der Waals surface area contributed by atoms with Gasteiger partial charge in [0.15, 0.2) is 0 Å². The SMILES string of the molecule is CC(C)NCCC[C@@H]1CCCCN1C(=O)OCc1ccccc1. The summed E-state index contributed by atoms with van der Waals surface area (Å²) in [5.74, 6) is 0. The number of hydrogen-bond acceptors (Lipinski definition) is 3. The van der Waals surface area contributed by atoms with Crippen molar-refractivity contribution in [3.8, 4) is 0 Å². The number of rotatable bonds is 7. The van der Waals surface area contributed by atoms with Gasteiger partial charge in [-0.15, -0.1) is 0 Å². The van der Waals surface area contributed by atoms with E-state index in [2.05, 4.69) is 19.2 Å². The average molecular weight is 318 g/mol. The van der Waals surface area contributed by atoms with Crippen LogP contribution in [0.2, 0.25) is 0 Å². The van der Waals surface area contributed by atoms with Crippen LogP contribution in [0.4, 0.5) is 4.79 Å². The van der Waals surface area contributed by atoms with Crippen LogP contribution in [-0.4, -0.2) is 36.2 Å². The molecule has 0 aliphatic carbocycles. The van der Waals surface area contributed by atoms with Gasteiger partial charge < -0.3 is 15.0 Å². The lowest BCUT2D eigenvalue weighted by Crippen LogP contribution is -2.44. The summed E-state index contributed by atoms with van der Waals surface area (Å²) in [6.07, 6.45) is 5.40. The summed E-state index contributed by atoms with van der Waals surface area (Å²) in [5.41, 5.74) is 1.04. The molecule has 128 valence electrons. The normalized spacial score (nSPS) is 18.2. The Kier molecular flexibility index (Phi) is 7.40. The first-order valence-corrected chi connectivity index (χ1v) is 8.87. The van der Waals surface area contributed by atoms with Gasteiger partial charge in [0.25, 0.3) is 0 Å². The van der Waals surface area contributed by atoms with Crippen molar-refractivity contribution in [2.24, 2.45) is 0 Å². The molecule has 0 spiro atoms. The molecule has 4 nitrogen and oxygen atoms in total. The van der Waals surface area contributed by atoms with Crippen molar-refractivity contribution in [1.29, 1.82) is 0 Å². The van der Waals surface area contributed by atoms with Crippen molar-refractivity contribution in [3.63, 3.8) is 0 Å². The summed E-state index contributed by atoms with van der Waals surface area (Å²) in [6.45, 7) is 6.52. The maximum atomic E-state index is 12.4. The van der Waals surface area contributed by atoms with Gasteiger partial charge in [0.05, 0.1) is 0 Å². The quantitative estimate of drug-likeness (QED) is 0.774. The molecule has 1 aliphatic rings.